The Labute approximate surface area is 165 Å². The molecule has 150 valence electrons. The molecular formula is C22H29N3O3. The Morgan fingerprint density at radius 1 is 1.00 bits per heavy atom. The fourth-order valence-corrected chi connectivity index (χ4v) is 4.14. The molecule has 1 aromatic heterocycles. The minimum absolute atomic E-state index is 0.0384. The average Bonchev–Trinajstić information content (AvgIpc) is 3.04. The summed E-state index contributed by atoms with van der Waals surface area (Å²) in [6.07, 6.45) is 4.32. The van der Waals surface area contributed by atoms with Crippen molar-refractivity contribution in [1.29, 1.82) is 0 Å². The van der Waals surface area contributed by atoms with Crippen molar-refractivity contribution >= 4 is 22.9 Å². The SMILES string of the molecule is CC(C)(C)OC(=O)N1CCN(C(=O)c2ccc3[nH]c4c(c3c2)CCCC4)CC1. The average molecular weight is 383 g/mol. The zero-order chi connectivity index (χ0) is 19.9. The van der Waals surface area contributed by atoms with Crippen molar-refractivity contribution in [3.63, 3.8) is 0 Å². The van der Waals surface area contributed by atoms with Gasteiger partial charge in [-0.05, 0) is 70.2 Å². The van der Waals surface area contributed by atoms with E-state index in [2.05, 4.69) is 4.98 Å². The molecule has 1 aliphatic carbocycles. The molecule has 0 radical (unpaired) electrons. The number of piperazine rings is 1. The molecule has 4 rings (SSSR count). The summed E-state index contributed by atoms with van der Waals surface area (Å²) in [7, 11) is 0. The van der Waals surface area contributed by atoms with Crippen molar-refractivity contribution in [2.45, 2.75) is 52.1 Å². The second-order valence-corrected chi connectivity index (χ2v) is 8.81. The molecule has 28 heavy (non-hydrogen) atoms. The first-order valence-corrected chi connectivity index (χ1v) is 10.2. The molecule has 0 bridgehead atoms. The van der Waals surface area contributed by atoms with Gasteiger partial charge in [0, 0.05) is 48.3 Å². The van der Waals surface area contributed by atoms with Gasteiger partial charge in [-0.2, -0.15) is 0 Å². The molecule has 0 unspecified atom stereocenters. The number of hydrogen-bond acceptors (Lipinski definition) is 3. The maximum absolute atomic E-state index is 13.0. The van der Waals surface area contributed by atoms with E-state index < -0.39 is 5.60 Å². The summed E-state index contributed by atoms with van der Waals surface area (Å²) < 4.78 is 5.43. The molecule has 2 heterocycles. The van der Waals surface area contributed by atoms with Crippen LogP contribution >= 0.6 is 0 Å². The predicted molar refractivity (Wildman–Crippen MR) is 109 cm³/mol. The second-order valence-electron chi connectivity index (χ2n) is 8.81. The number of H-pyrrole nitrogens is 1. The first kappa shape index (κ1) is 18.8. The lowest BCUT2D eigenvalue weighted by Gasteiger charge is -2.35. The third-order valence-electron chi connectivity index (χ3n) is 5.56. The van der Waals surface area contributed by atoms with Crippen molar-refractivity contribution in [3.05, 3.63) is 35.0 Å². The first-order valence-electron chi connectivity index (χ1n) is 10.2. The molecule has 1 N–H and O–H groups in total. The highest BCUT2D eigenvalue weighted by molar-refractivity contribution is 5.99. The lowest BCUT2D eigenvalue weighted by atomic mass is 9.95. The van der Waals surface area contributed by atoms with Gasteiger partial charge in [-0.15, -0.1) is 0 Å². The van der Waals surface area contributed by atoms with Crippen LogP contribution in [0, 0.1) is 0 Å². The van der Waals surface area contributed by atoms with Crippen LogP contribution in [0.3, 0.4) is 0 Å². The number of nitrogens with zero attached hydrogens (tertiary/aromatic N) is 2. The van der Waals surface area contributed by atoms with Gasteiger partial charge in [-0.1, -0.05) is 0 Å². The number of ether oxygens (including phenoxy) is 1. The van der Waals surface area contributed by atoms with E-state index >= 15 is 0 Å². The molecule has 1 saturated heterocycles. The van der Waals surface area contributed by atoms with Crippen LogP contribution in [-0.2, 0) is 17.6 Å². The highest BCUT2D eigenvalue weighted by Gasteiger charge is 2.28. The molecule has 0 spiro atoms. The molecule has 6 nitrogen and oxygen atoms in total. The van der Waals surface area contributed by atoms with Crippen molar-refractivity contribution in [2.75, 3.05) is 26.2 Å². The third-order valence-corrected chi connectivity index (χ3v) is 5.56. The maximum Gasteiger partial charge on any atom is 0.410 e. The van der Waals surface area contributed by atoms with Crippen molar-refractivity contribution < 1.29 is 14.3 Å². The van der Waals surface area contributed by atoms with Crippen LogP contribution in [0.25, 0.3) is 10.9 Å². The van der Waals surface area contributed by atoms with Gasteiger partial charge in [0.25, 0.3) is 5.91 Å². The van der Waals surface area contributed by atoms with E-state index in [1.807, 2.05) is 43.9 Å². The molecule has 0 atom stereocenters. The van der Waals surface area contributed by atoms with Gasteiger partial charge in [-0.3, -0.25) is 4.79 Å². The number of aromatic amines is 1. The Hall–Kier alpha value is -2.50. The van der Waals surface area contributed by atoms with Gasteiger partial charge in [0.2, 0.25) is 0 Å². The maximum atomic E-state index is 13.0. The van der Waals surface area contributed by atoms with Crippen molar-refractivity contribution in [3.8, 4) is 0 Å². The Kier molecular flexibility index (Phi) is 4.81. The summed E-state index contributed by atoms with van der Waals surface area (Å²) in [4.78, 5) is 32.3. The minimum Gasteiger partial charge on any atom is -0.444 e. The number of benzene rings is 1. The summed E-state index contributed by atoms with van der Waals surface area (Å²) >= 11 is 0. The summed E-state index contributed by atoms with van der Waals surface area (Å²) in [5.41, 5.74) is 4.06. The number of fused-ring (bicyclic) bond motifs is 3. The third kappa shape index (κ3) is 3.73. The highest BCUT2D eigenvalue weighted by atomic mass is 16.6. The molecule has 2 amide bonds. The number of aryl methyl sites for hydroxylation is 2. The van der Waals surface area contributed by atoms with Crippen LogP contribution in [0.4, 0.5) is 4.79 Å². The molecule has 2 aromatic rings. The fourth-order valence-electron chi connectivity index (χ4n) is 4.14. The van der Waals surface area contributed by atoms with E-state index in [-0.39, 0.29) is 12.0 Å². The molecule has 0 saturated carbocycles. The van der Waals surface area contributed by atoms with Crippen LogP contribution in [0.1, 0.15) is 55.2 Å². The van der Waals surface area contributed by atoms with Crippen LogP contribution in [-0.4, -0.2) is 58.6 Å². The molecular weight excluding hydrogens is 354 g/mol. The van der Waals surface area contributed by atoms with E-state index in [4.69, 9.17) is 4.74 Å². The van der Waals surface area contributed by atoms with E-state index in [1.54, 1.807) is 4.90 Å². The zero-order valence-corrected chi connectivity index (χ0v) is 17.0. The monoisotopic (exact) mass is 383 g/mol. The summed E-state index contributed by atoms with van der Waals surface area (Å²) in [6.45, 7) is 7.65. The lowest BCUT2D eigenvalue weighted by molar-refractivity contribution is 0.0141. The predicted octanol–water partition coefficient (Wildman–Crippen LogP) is 3.74. The summed E-state index contributed by atoms with van der Waals surface area (Å²) in [6, 6.07) is 5.98. The molecule has 1 fully saturated rings. The van der Waals surface area contributed by atoms with Gasteiger partial charge in [0.15, 0.2) is 0 Å². The van der Waals surface area contributed by atoms with Gasteiger partial charge in [0.1, 0.15) is 5.60 Å². The Balaban J connectivity index is 1.45. The largest absolute Gasteiger partial charge is 0.444 e. The quantitative estimate of drug-likeness (QED) is 0.816. The Bertz CT molecular complexity index is 902. The second kappa shape index (κ2) is 7.15. The number of nitrogens with one attached hydrogen (secondary N) is 1. The molecule has 1 aromatic carbocycles. The number of rotatable bonds is 1. The van der Waals surface area contributed by atoms with Crippen LogP contribution in [0.2, 0.25) is 0 Å². The number of amides is 2. The van der Waals surface area contributed by atoms with Crippen molar-refractivity contribution in [2.24, 2.45) is 0 Å². The van der Waals surface area contributed by atoms with Gasteiger partial charge >= 0.3 is 6.09 Å². The topological polar surface area (TPSA) is 65.6 Å². The lowest BCUT2D eigenvalue weighted by Crippen LogP contribution is -2.51. The van der Waals surface area contributed by atoms with Crippen molar-refractivity contribution in [1.82, 2.24) is 14.8 Å². The smallest absolute Gasteiger partial charge is 0.410 e. The number of carbonyl (C=O) groups excluding carboxylic acids is 2. The van der Waals surface area contributed by atoms with E-state index in [1.165, 1.54) is 29.5 Å². The van der Waals surface area contributed by atoms with E-state index in [0.717, 1.165) is 23.9 Å². The van der Waals surface area contributed by atoms with Crippen LogP contribution < -0.4 is 0 Å². The Morgan fingerprint density at radius 3 is 2.39 bits per heavy atom. The van der Waals surface area contributed by atoms with E-state index in [9.17, 15) is 9.59 Å². The fraction of sp³-hybridized carbons (Fsp3) is 0.545. The molecule has 2 aliphatic rings. The number of carbonyl (C=O) groups is 2. The standard InChI is InChI=1S/C22H29N3O3/c1-22(2,3)28-21(27)25-12-10-24(11-13-25)20(26)15-8-9-19-17(14-15)16-6-4-5-7-18(16)23-19/h8-9,14,23H,4-7,10-13H2,1-3H3. The van der Waals surface area contributed by atoms with E-state index in [0.29, 0.717) is 26.2 Å². The van der Waals surface area contributed by atoms with Gasteiger partial charge in [-0.25, -0.2) is 4.79 Å². The molecule has 1 aliphatic heterocycles. The van der Waals surface area contributed by atoms with Gasteiger partial charge in [0.05, 0.1) is 0 Å². The number of aromatic nitrogens is 1. The minimum atomic E-state index is -0.505. The van der Waals surface area contributed by atoms with Gasteiger partial charge < -0.3 is 19.5 Å². The molecule has 6 heteroatoms. The summed E-state index contributed by atoms with van der Waals surface area (Å²) in [5.74, 6) is 0.0384. The first-order chi connectivity index (χ1) is 13.3. The van der Waals surface area contributed by atoms with Crippen LogP contribution in [0.15, 0.2) is 18.2 Å². The normalized spacial score (nSPS) is 17.5. The zero-order valence-electron chi connectivity index (χ0n) is 17.0. The van der Waals surface area contributed by atoms with Crippen LogP contribution in [0.5, 0.6) is 0 Å². The highest BCUT2D eigenvalue weighted by Crippen LogP contribution is 2.30. The number of hydrogen-bond donors (Lipinski definition) is 1. The Morgan fingerprint density at radius 2 is 1.68 bits per heavy atom. The summed E-state index contributed by atoms with van der Waals surface area (Å²) in [5, 5.41) is 1.19.